The van der Waals surface area contributed by atoms with Crippen LogP contribution in [0.5, 0.6) is 0 Å². The largest absolute Gasteiger partial charge is 0.395 e. The van der Waals surface area contributed by atoms with Gasteiger partial charge in [0.2, 0.25) is 0 Å². The zero-order valence-corrected chi connectivity index (χ0v) is 12.2. The molecule has 0 bridgehead atoms. The molecule has 1 saturated heterocycles. The van der Waals surface area contributed by atoms with Crippen molar-refractivity contribution in [3.63, 3.8) is 0 Å². The first-order chi connectivity index (χ1) is 9.72. The fourth-order valence-electron chi connectivity index (χ4n) is 3.24. The highest BCUT2D eigenvalue weighted by Gasteiger charge is 2.32. The predicted molar refractivity (Wildman–Crippen MR) is 78.4 cm³/mol. The second-order valence-corrected chi connectivity index (χ2v) is 5.68. The summed E-state index contributed by atoms with van der Waals surface area (Å²) in [7, 11) is 0. The number of hydrogen-bond acceptors (Lipinski definition) is 4. The van der Waals surface area contributed by atoms with E-state index in [0.29, 0.717) is 18.6 Å². The van der Waals surface area contributed by atoms with Gasteiger partial charge in [-0.2, -0.15) is 0 Å². The minimum Gasteiger partial charge on any atom is -0.395 e. The van der Waals surface area contributed by atoms with Crippen LogP contribution >= 0.6 is 0 Å². The Morgan fingerprint density at radius 2 is 2.30 bits per heavy atom. The van der Waals surface area contributed by atoms with Gasteiger partial charge in [-0.15, -0.1) is 0 Å². The van der Waals surface area contributed by atoms with Gasteiger partial charge in [0.1, 0.15) is 11.3 Å². The Hall–Kier alpha value is -1.46. The molecule has 108 valence electrons. The lowest BCUT2D eigenvalue weighted by Gasteiger charge is -2.28. The summed E-state index contributed by atoms with van der Waals surface area (Å²) >= 11 is 0. The molecule has 3 rings (SSSR count). The second kappa shape index (κ2) is 5.50. The maximum absolute atomic E-state index is 9.35. The van der Waals surface area contributed by atoms with Crippen LogP contribution in [0.1, 0.15) is 38.6 Å². The summed E-state index contributed by atoms with van der Waals surface area (Å²) in [6.07, 6.45) is 4.13. The summed E-state index contributed by atoms with van der Waals surface area (Å²) in [5, 5.41) is 9.35. The molecule has 1 unspecified atom stereocenters. The summed E-state index contributed by atoms with van der Waals surface area (Å²) in [5.41, 5.74) is 1.80. The Morgan fingerprint density at radius 3 is 3.05 bits per heavy atom. The van der Waals surface area contributed by atoms with Crippen molar-refractivity contribution in [3.8, 4) is 0 Å². The lowest BCUT2D eigenvalue weighted by atomic mass is 10.2. The SMILES string of the molecule is CC(C)N1CCCC1c1nc2cccnc2n1CCO. The molecule has 20 heavy (non-hydrogen) atoms. The lowest BCUT2D eigenvalue weighted by molar-refractivity contribution is 0.192. The molecule has 1 N–H and O–H groups in total. The molecule has 0 amide bonds. The van der Waals surface area contributed by atoms with Crippen LogP contribution in [0.4, 0.5) is 0 Å². The molecule has 5 heteroatoms. The molecule has 0 saturated carbocycles. The van der Waals surface area contributed by atoms with E-state index < -0.39 is 0 Å². The standard InChI is InChI=1S/C15H22N4O/c1-11(2)18-8-4-6-13(18)15-17-12-5-3-7-16-14(12)19(15)9-10-20/h3,5,7,11,13,20H,4,6,8-10H2,1-2H3. The molecule has 2 aromatic heterocycles. The quantitative estimate of drug-likeness (QED) is 0.926. The number of rotatable bonds is 4. The van der Waals surface area contributed by atoms with E-state index in [4.69, 9.17) is 4.98 Å². The topological polar surface area (TPSA) is 54.2 Å². The number of aliphatic hydroxyl groups excluding tert-OH is 1. The van der Waals surface area contributed by atoms with E-state index >= 15 is 0 Å². The molecule has 3 heterocycles. The van der Waals surface area contributed by atoms with Gasteiger partial charge in [0.25, 0.3) is 0 Å². The monoisotopic (exact) mass is 274 g/mol. The highest BCUT2D eigenvalue weighted by molar-refractivity contribution is 5.71. The zero-order valence-electron chi connectivity index (χ0n) is 12.2. The van der Waals surface area contributed by atoms with Crippen molar-refractivity contribution in [2.75, 3.05) is 13.2 Å². The van der Waals surface area contributed by atoms with Crippen LogP contribution in [0, 0.1) is 0 Å². The lowest BCUT2D eigenvalue weighted by Crippen LogP contribution is -2.32. The molecule has 0 aromatic carbocycles. The van der Waals surface area contributed by atoms with Gasteiger partial charge in [-0.05, 0) is 45.4 Å². The average molecular weight is 274 g/mol. The molecule has 2 aromatic rings. The number of hydrogen-bond donors (Lipinski definition) is 1. The number of imidazole rings is 1. The molecule has 1 aliphatic heterocycles. The van der Waals surface area contributed by atoms with Crippen molar-refractivity contribution >= 4 is 11.2 Å². The number of nitrogens with zero attached hydrogens (tertiary/aromatic N) is 4. The van der Waals surface area contributed by atoms with Crippen LogP contribution in [0.25, 0.3) is 11.2 Å². The fraction of sp³-hybridized carbons (Fsp3) is 0.600. The van der Waals surface area contributed by atoms with Crippen molar-refractivity contribution in [1.29, 1.82) is 0 Å². The molecule has 1 aliphatic rings. The Bertz CT molecular complexity index is 593. The first-order valence-electron chi connectivity index (χ1n) is 7.40. The minimum atomic E-state index is 0.115. The molecule has 5 nitrogen and oxygen atoms in total. The van der Waals surface area contributed by atoms with Crippen molar-refractivity contribution in [2.45, 2.75) is 45.3 Å². The number of aliphatic hydroxyl groups is 1. The van der Waals surface area contributed by atoms with Crippen molar-refractivity contribution in [2.24, 2.45) is 0 Å². The molecule has 0 spiro atoms. The van der Waals surface area contributed by atoms with Gasteiger partial charge in [-0.25, -0.2) is 9.97 Å². The Labute approximate surface area is 119 Å². The first kappa shape index (κ1) is 13.5. The number of pyridine rings is 1. The van der Waals surface area contributed by atoms with Crippen LogP contribution in [0.15, 0.2) is 18.3 Å². The van der Waals surface area contributed by atoms with Gasteiger partial charge in [0.15, 0.2) is 5.65 Å². The van der Waals surface area contributed by atoms with Gasteiger partial charge in [0.05, 0.1) is 12.6 Å². The molecule has 0 radical (unpaired) electrons. The summed E-state index contributed by atoms with van der Waals surface area (Å²) in [6, 6.07) is 4.76. The highest BCUT2D eigenvalue weighted by Crippen LogP contribution is 2.34. The van der Waals surface area contributed by atoms with Gasteiger partial charge in [-0.3, -0.25) is 4.90 Å². The molecule has 1 atom stereocenters. The predicted octanol–water partition coefficient (Wildman–Crippen LogP) is 1.97. The molecule has 1 fully saturated rings. The minimum absolute atomic E-state index is 0.115. The Balaban J connectivity index is 2.08. The summed E-state index contributed by atoms with van der Waals surface area (Å²) in [4.78, 5) is 11.7. The second-order valence-electron chi connectivity index (χ2n) is 5.68. The smallest absolute Gasteiger partial charge is 0.160 e. The Morgan fingerprint density at radius 1 is 1.45 bits per heavy atom. The number of aromatic nitrogens is 3. The molecular formula is C15H22N4O. The maximum Gasteiger partial charge on any atom is 0.160 e. The fourth-order valence-corrected chi connectivity index (χ4v) is 3.24. The summed E-state index contributed by atoms with van der Waals surface area (Å²) < 4.78 is 2.08. The summed E-state index contributed by atoms with van der Waals surface area (Å²) in [5.74, 6) is 1.05. The normalized spacial score (nSPS) is 20.3. The third kappa shape index (κ3) is 2.21. The van der Waals surface area contributed by atoms with Crippen molar-refractivity contribution < 1.29 is 5.11 Å². The first-order valence-corrected chi connectivity index (χ1v) is 7.40. The van der Waals surface area contributed by atoms with Gasteiger partial charge >= 0.3 is 0 Å². The van der Waals surface area contributed by atoms with Crippen LogP contribution in [-0.4, -0.2) is 43.7 Å². The third-order valence-electron chi connectivity index (χ3n) is 4.11. The van der Waals surface area contributed by atoms with E-state index in [1.54, 1.807) is 6.20 Å². The van der Waals surface area contributed by atoms with E-state index in [0.717, 1.165) is 30.0 Å². The molecule has 0 aliphatic carbocycles. The van der Waals surface area contributed by atoms with E-state index in [-0.39, 0.29) is 6.61 Å². The number of likely N-dealkylation sites (tertiary alicyclic amines) is 1. The van der Waals surface area contributed by atoms with E-state index in [1.807, 2.05) is 12.1 Å². The van der Waals surface area contributed by atoms with Crippen LogP contribution in [-0.2, 0) is 6.54 Å². The zero-order chi connectivity index (χ0) is 14.1. The number of fused-ring (bicyclic) bond motifs is 1. The van der Waals surface area contributed by atoms with Crippen LogP contribution < -0.4 is 0 Å². The third-order valence-corrected chi connectivity index (χ3v) is 4.11. The van der Waals surface area contributed by atoms with Crippen LogP contribution in [0.2, 0.25) is 0 Å². The highest BCUT2D eigenvalue weighted by atomic mass is 16.3. The van der Waals surface area contributed by atoms with Crippen LogP contribution in [0.3, 0.4) is 0 Å². The molecular weight excluding hydrogens is 252 g/mol. The van der Waals surface area contributed by atoms with Crippen molar-refractivity contribution in [3.05, 3.63) is 24.2 Å². The maximum atomic E-state index is 9.35. The average Bonchev–Trinajstić information content (AvgIpc) is 3.04. The van der Waals surface area contributed by atoms with E-state index in [1.165, 1.54) is 6.42 Å². The van der Waals surface area contributed by atoms with Crippen molar-refractivity contribution in [1.82, 2.24) is 19.4 Å². The van der Waals surface area contributed by atoms with Gasteiger partial charge < -0.3 is 9.67 Å². The van der Waals surface area contributed by atoms with E-state index in [2.05, 4.69) is 28.3 Å². The Kier molecular flexibility index (Phi) is 3.72. The van der Waals surface area contributed by atoms with Gasteiger partial charge in [-0.1, -0.05) is 0 Å². The summed E-state index contributed by atoms with van der Waals surface area (Å²) in [6.45, 7) is 6.26. The van der Waals surface area contributed by atoms with E-state index in [9.17, 15) is 5.11 Å². The van der Waals surface area contributed by atoms with Gasteiger partial charge in [0, 0.05) is 18.8 Å².